The van der Waals surface area contributed by atoms with Crippen molar-refractivity contribution in [1.29, 1.82) is 0 Å². The van der Waals surface area contributed by atoms with E-state index in [4.69, 9.17) is 15.9 Å². The van der Waals surface area contributed by atoms with Gasteiger partial charge in [-0.05, 0) is 31.2 Å². The van der Waals surface area contributed by atoms with E-state index in [-0.39, 0.29) is 23.8 Å². The average molecular weight is 237 g/mol. The van der Waals surface area contributed by atoms with Crippen molar-refractivity contribution in [1.82, 2.24) is 0 Å². The van der Waals surface area contributed by atoms with Gasteiger partial charge in [0.25, 0.3) is 0 Å². The summed E-state index contributed by atoms with van der Waals surface area (Å²) in [5.74, 6) is -0.985. The fourth-order valence-electron chi connectivity index (χ4n) is 1.17. The van der Waals surface area contributed by atoms with Gasteiger partial charge < -0.3 is 10.5 Å². The molecule has 0 radical (unpaired) electrons. The Morgan fingerprint density at radius 3 is 2.59 bits per heavy atom. The van der Waals surface area contributed by atoms with E-state index < -0.39 is 5.97 Å². The third kappa shape index (κ3) is 3.71. The topological polar surface area (TPSA) is 77.9 Å². The number of benzene rings is 1. The Kier molecular flexibility index (Phi) is 4.39. The van der Waals surface area contributed by atoms with E-state index >= 15 is 0 Å². The van der Waals surface area contributed by atoms with E-state index in [0.29, 0.717) is 5.56 Å². The van der Waals surface area contributed by atoms with Crippen LogP contribution in [0.25, 0.3) is 0 Å². The van der Waals surface area contributed by atoms with Crippen molar-refractivity contribution in [3.05, 3.63) is 47.4 Å². The van der Waals surface area contributed by atoms with Crippen LogP contribution < -0.4 is 11.1 Å². The first-order valence-corrected chi connectivity index (χ1v) is 5.07. The number of rotatable bonds is 4. The van der Waals surface area contributed by atoms with Crippen molar-refractivity contribution < 1.29 is 19.3 Å². The number of carbonyl (C=O) groups excluding carboxylic acids is 1. The molecule has 1 aromatic carbocycles. The first-order valence-electron chi connectivity index (χ1n) is 5.07. The molecule has 0 heterocycles. The van der Waals surface area contributed by atoms with Crippen molar-refractivity contribution in [3.63, 3.8) is 0 Å². The second-order valence-electron chi connectivity index (χ2n) is 3.28. The zero-order valence-corrected chi connectivity index (χ0v) is 9.44. The number of hydrogen-bond acceptors (Lipinski definition) is 3. The lowest BCUT2D eigenvalue weighted by Gasteiger charge is -2.00. The third-order valence-corrected chi connectivity index (χ3v) is 2.00. The van der Waals surface area contributed by atoms with Crippen LogP contribution in [-0.4, -0.2) is 18.3 Å². The van der Waals surface area contributed by atoms with Gasteiger partial charge >= 0.3 is 5.97 Å². The van der Waals surface area contributed by atoms with Gasteiger partial charge in [-0.1, -0.05) is 0 Å². The molecule has 0 aliphatic rings. The molecule has 0 aromatic heterocycles. The quantitative estimate of drug-likeness (QED) is 0.432. The summed E-state index contributed by atoms with van der Waals surface area (Å²) < 4.78 is 17.4. The molecular weight excluding hydrogens is 223 g/mol. The van der Waals surface area contributed by atoms with Crippen LogP contribution in [0, 0.1) is 5.82 Å². The van der Waals surface area contributed by atoms with Gasteiger partial charge in [-0.2, -0.15) is 0 Å². The predicted octanol–water partition coefficient (Wildman–Crippen LogP) is -0.220. The Bertz CT molecular complexity index is 452. The van der Waals surface area contributed by atoms with E-state index in [1.807, 2.05) is 0 Å². The Labute approximate surface area is 98.4 Å². The number of nitrogens with two attached hydrogens (primary N) is 2. The summed E-state index contributed by atoms with van der Waals surface area (Å²) in [6.45, 7) is 1.92. The third-order valence-electron chi connectivity index (χ3n) is 2.00. The van der Waals surface area contributed by atoms with Gasteiger partial charge in [0.2, 0.25) is 5.71 Å². The maximum Gasteiger partial charge on any atom is 0.354 e. The average Bonchev–Trinajstić information content (AvgIpc) is 2.30. The number of allylic oxidation sites excluding steroid dienone is 1. The van der Waals surface area contributed by atoms with Gasteiger partial charge in [-0.3, -0.25) is 5.41 Å². The Balaban J connectivity index is 2.81. The highest BCUT2D eigenvalue weighted by Gasteiger charge is 2.10. The number of carbonyl (C=O) groups is 1. The van der Waals surface area contributed by atoms with Crippen LogP contribution in [0.5, 0.6) is 0 Å². The van der Waals surface area contributed by atoms with E-state index in [9.17, 15) is 9.18 Å². The fourth-order valence-corrected chi connectivity index (χ4v) is 1.17. The van der Waals surface area contributed by atoms with Crippen LogP contribution in [-0.2, 0) is 9.53 Å². The molecule has 0 saturated carbocycles. The van der Waals surface area contributed by atoms with Gasteiger partial charge in [-0.25, -0.2) is 9.18 Å². The van der Waals surface area contributed by atoms with Crippen molar-refractivity contribution >= 4 is 11.7 Å². The highest BCUT2D eigenvalue weighted by molar-refractivity contribution is 6.08. The molecule has 4 nitrogen and oxygen atoms in total. The summed E-state index contributed by atoms with van der Waals surface area (Å²) in [5.41, 5.74) is 6.25. The SMILES string of the molecule is CCOC(=O)C(N)=CC(=[NH2+])c1ccc(F)cc1. The van der Waals surface area contributed by atoms with E-state index in [0.717, 1.165) is 0 Å². The van der Waals surface area contributed by atoms with Gasteiger partial charge in [0.1, 0.15) is 11.5 Å². The number of hydrogen-bond donors (Lipinski definition) is 2. The first-order chi connectivity index (χ1) is 8.04. The molecule has 5 heteroatoms. The molecule has 0 aliphatic heterocycles. The molecule has 0 aliphatic carbocycles. The lowest BCUT2D eigenvalue weighted by Crippen LogP contribution is -2.40. The normalized spacial score (nSPS) is 11.1. The second-order valence-corrected chi connectivity index (χ2v) is 3.28. The summed E-state index contributed by atoms with van der Waals surface area (Å²) in [6, 6.07) is 5.55. The summed E-state index contributed by atoms with van der Waals surface area (Å²) in [6.07, 6.45) is 1.30. The van der Waals surface area contributed by atoms with Crippen molar-refractivity contribution in [2.24, 2.45) is 5.73 Å². The molecule has 0 unspecified atom stereocenters. The van der Waals surface area contributed by atoms with Crippen LogP contribution in [0.1, 0.15) is 12.5 Å². The second kappa shape index (κ2) is 5.79. The fraction of sp³-hybridized carbons (Fsp3) is 0.167. The summed E-state index contributed by atoms with van der Waals surface area (Å²) >= 11 is 0. The Morgan fingerprint density at radius 2 is 2.06 bits per heavy atom. The van der Waals surface area contributed by atoms with Gasteiger partial charge in [-0.15, -0.1) is 0 Å². The zero-order valence-electron chi connectivity index (χ0n) is 9.44. The zero-order chi connectivity index (χ0) is 12.8. The molecule has 1 aromatic rings. The number of ether oxygens (including phenoxy) is 1. The molecule has 0 saturated heterocycles. The Morgan fingerprint density at radius 1 is 1.47 bits per heavy atom. The molecule has 0 fully saturated rings. The number of esters is 1. The van der Waals surface area contributed by atoms with Crippen molar-refractivity contribution in [2.75, 3.05) is 6.61 Å². The summed E-state index contributed by atoms with van der Waals surface area (Å²) in [7, 11) is 0. The predicted molar refractivity (Wildman–Crippen MR) is 61.3 cm³/mol. The summed E-state index contributed by atoms with van der Waals surface area (Å²) in [4.78, 5) is 11.2. The minimum Gasteiger partial charge on any atom is -0.461 e. The minimum absolute atomic E-state index is 0.0892. The van der Waals surface area contributed by atoms with E-state index in [2.05, 4.69) is 0 Å². The van der Waals surface area contributed by atoms with Gasteiger partial charge in [0, 0.05) is 11.6 Å². The lowest BCUT2D eigenvalue weighted by atomic mass is 10.1. The van der Waals surface area contributed by atoms with Crippen molar-refractivity contribution in [2.45, 2.75) is 6.92 Å². The van der Waals surface area contributed by atoms with Gasteiger partial charge in [0.15, 0.2) is 0 Å². The number of halogens is 1. The van der Waals surface area contributed by atoms with Crippen LogP contribution in [0.2, 0.25) is 0 Å². The molecule has 0 bridgehead atoms. The van der Waals surface area contributed by atoms with Crippen LogP contribution in [0.15, 0.2) is 36.0 Å². The van der Waals surface area contributed by atoms with Crippen molar-refractivity contribution in [3.8, 4) is 0 Å². The van der Waals surface area contributed by atoms with Crippen LogP contribution >= 0.6 is 0 Å². The summed E-state index contributed by atoms with van der Waals surface area (Å²) in [5, 5.41) is 5.71. The van der Waals surface area contributed by atoms with E-state index in [1.54, 1.807) is 6.92 Å². The monoisotopic (exact) mass is 237 g/mol. The maximum atomic E-state index is 12.7. The molecule has 4 N–H and O–H groups in total. The highest BCUT2D eigenvalue weighted by Crippen LogP contribution is 2.03. The maximum absolute atomic E-state index is 12.7. The standard InChI is InChI=1S/C12H13FN2O2/c1-2-17-12(16)11(15)7-10(14)8-3-5-9(13)6-4-8/h3-7,14H,2,15H2,1H3/p+1. The minimum atomic E-state index is -0.627. The van der Waals surface area contributed by atoms with Crippen LogP contribution in [0.3, 0.4) is 0 Å². The lowest BCUT2D eigenvalue weighted by molar-refractivity contribution is -0.138. The molecule has 0 spiro atoms. The first kappa shape index (κ1) is 12.9. The molecule has 17 heavy (non-hydrogen) atoms. The van der Waals surface area contributed by atoms with E-state index in [1.165, 1.54) is 30.3 Å². The molecular formula is C12H14FN2O2+. The molecule has 0 amide bonds. The highest BCUT2D eigenvalue weighted by atomic mass is 19.1. The van der Waals surface area contributed by atoms with Crippen LogP contribution in [0.4, 0.5) is 4.39 Å². The largest absolute Gasteiger partial charge is 0.461 e. The Hall–Kier alpha value is -2.17. The smallest absolute Gasteiger partial charge is 0.354 e. The molecule has 1 rings (SSSR count). The molecule has 90 valence electrons. The van der Waals surface area contributed by atoms with Gasteiger partial charge in [0.05, 0.1) is 6.61 Å². The molecule has 0 atom stereocenters.